The second-order valence-electron chi connectivity index (χ2n) is 2.92. The zero-order valence-corrected chi connectivity index (χ0v) is 10.3. The Hall–Kier alpha value is -1.10. The van der Waals surface area contributed by atoms with Gasteiger partial charge in [-0.25, -0.2) is 0 Å². The summed E-state index contributed by atoms with van der Waals surface area (Å²) in [6.07, 6.45) is 1.74. The highest BCUT2D eigenvalue weighted by Gasteiger charge is 2.05. The minimum atomic E-state index is 0. The highest BCUT2D eigenvalue weighted by molar-refractivity contribution is 5.85. The molecule has 2 aromatic heterocycles. The summed E-state index contributed by atoms with van der Waals surface area (Å²) in [4.78, 5) is 4.18. The van der Waals surface area contributed by atoms with Gasteiger partial charge in [-0.1, -0.05) is 11.2 Å². The van der Waals surface area contributed by atoms with Crippen molar-refractivity contribution >= 4 is 24.8 Å². The zero-order valence-electron chi connectivity index (χ0n) is 8.71. The molecule has 0 aliphatic carbocycles. The van der Waals surface area contributed by atoms with E-state index in [2.05, 4.69) is 15.5 Å². The molecule has 0 radical (unpaired) electrons. The molecule has 0 aliphatic rings. The predicted molar refractivity (Wildman–Crippen MR) is 67.0 cm³/mol. The summed E-state index contributed by atoms with van der Waals surface area (Å²) in [7, 11) is 1.86. The maximum atomic E-state index is 5.11. The van der Waals surface area contributed by atoms with E-state index in [0.717, 1.165) is 17.1 Å². The van der Waals surface area contributed by atoms with Crippen molar-refractivity contribution < 1.29 is 4.52 Å². The molecule has 0 aromatic carbocycles. The van der Waals surface area contributed by atoms with Gasteiger partial charge in [-0.15, -0.1) is 24.8 Å². The first-order valence-electron chi connectivity index (χ1n) is 4.42. The molecule has 88 valence electrons. The Morgan fingerprint density at radius 3 is 2.69 bits per heavy atom. The van der Waals surface area contributed by atoms with Gasteiger partial charge in [0.15, 0.2) is 5.76 Å². The van der Waals surface area contributed by atoms with Crippen molar-refractivity contribution in [2.75, 3.05) is 7.05 Å². The standard InChI is InChI=1S/C10H11N3O.2ClH/c1-11-7-8-6-10(13-14-8)9-4-2-3-5-12-9;;/h2-6,11H,7H2,1H3;2*1H. The van der Waals surface area contributed by atoms with E-state index in [-0.39, 0.29) is 24.8 Å². The maximum Gasteiger partial charge on any atom is 0.151 e. The lowest BCUT2D eigenvalue weighted by Gasteiger charge is -1.90. The van der Waals surface area contributed by atoms with Gasteiger partial charge in [0.25, 0.3) is 0 Å². The van der Waals surface area contributed by atoms with Gasteiger partial charge in [0, 0.05) is 12.3 Å². The Balaban J connectivity index is 0.00000112. The van der Waals surface area contributed by atoms with Crippen LogP contribution in [0.2, 0.25) is 0 Å². The smallest absolute Gasteiger partial charge is 0.151 e. The van der Waals surface area contributed by atoms with Gasteiger partial charge in [-0.05, 0) is 19.2 Å². The van der Waals surface area contributed by atoms with Crippen molar-refractivity contribution in [3.8, 4) is 11.4 Å². The van der Waals surface area contributed by atoms with Gasteiger partial charge in [0.05, 0.1) is 12.2 Å². The average molecular weight is 262 g/mol. The fraction of sp³-hybridized carbons (Fsp3) is 0.200. The van der Waals surface area contributed by atoms with E-state index in [0.29, 0.717) is 6.54 Å². The van der Waals surface area contributed by atoms with Crippen LogP contribution in [0.1, 0.15) is 5.76 Å². The fourth-order valence-electron chi connectivity index (χ4n) is 1.21. The van der Waals surface area contributed by atoms with E-state index in [1.54, 1.807) is 6.20 Å². The lowest BCUT2D eigenvalue weighted by Crippen LogP contribution is -2.03. The molecule has 2 rings (SSSR count). The van der Waals surface area contributed by atoms with E-state index in [1.807, 2.05) is 31.3 Å². The third kappa shape index (κ3) is 3.48. The molecule has 2 heterocycles. The molecular weight excluding hydrogens is 249 g/mol. The van der Waals surface area contributed by atoms with Gasteiger partial charge < -0.3 is 9.84 Å². The van der Waals surface area contributed by atoms with Gasteiger partial charge in [0.2, 0.25) is 0 Å². The quantitative estimate of drug-likeness (QED) is 0.922. The Morgan fingerprint density at radius 1 is 1.25 bits per heavy atom. The average Bonchev–Trinajstić information content (AvgIpc) is 2.68. The molecule has 0 spiro atoms. The number of aromatic nitrogens is 2. The predicted octanol–water partition coefficient (Wildman–Crippen LogP) is 2.30. The van der Waals surface area contributed by atoms with Crippen molar-refractivity contribution in [1.82, 2.24) is 15.5 Å². The zero-order chi connectivity index (χ0) is 9.80. The number of nitrogens with zero attached hydrogens (tertiary/aromatic N) is 2. The molecule has 0 bridgehead atoms. The Kier molecular flexibility index (Phi) is 6.72. The van der Waals surface area contributed by atoms with Crippen molar-refractivity contribution in [3.05, 3.63) is 36.2 Å². The Bertz CT molecular complexity index is 405. The van der Waals surface area contributed by atoms with Gasteiger partial charge in [-0.3, -0.25) is 4.98 Å². The van der Waals surface area contributed by atoms with Crippen molar-refractivity contribution in [2.45, 2.75) is 6.54 Å². The first-order chi connectivity index (χ1) is 6.90. The second-order valence-corrected chi connectivity index (χ2v) is 2.92. The van der Waals surface area contributed by atoms with E-state index in [4.69, 9.17) is 4.52 Å². The number of pyridine rings is 1. The van der Waals surface area contributed by atoms with E-state index < -0.39 is 0 Å². The fourth-order valence-corrected chi connectivity index (χ4v) is 1.21. The minimum Gasteiger partial charge on any atom is -0.359 e. The van der Waals surface area contributed by atoms with Crippen molar-refractivity contribution in [1.29, 1.82) is 0 Å². The van der Waals surface area contributed by atoms with Gasteiger partial charge >= 0.3 is 0 Å². The summed E-state index contributed by atoms with van der Waals surface area (Å²) >= 11 is 0. The molecule has 0 unspecified atom stereocenters. The van der Waals surface area contributed by atoms with E-state index in [9.17, 15) is 0 Å². The summed E-state index contributed by atoms with van der Waals surface area (Å²) in [5.41, 5.74) is 1.61. The van der Waals surface area contributed by atoms with Crippen LogP contribution in [0.4, 0.5) is 0 Å². The third-order valence-corrected chi connectivity index (χ3v) is 1.84. The summed E-state index contributed by atoms with van der Waals surface area (Å²) in [6, 6.07) is 7.59. The van der Waals surface area contributed by atoms with Crippen LogP contribution in [-0.2, 0) is 6.54 Å². The number of halogens is 2. The van der Waals surface area contributed by atoms with Crippen LogP contribution < -0.4 is 5.32 Å². The summed E-state index contributed by atoms with van der Waals surface area (Å²) in [5, 5.41) is 6.92. The Labute approximate surface area is 106 Å². The highest BCUT2D eigenvalue weighted by atomic mass is 35.5. The lowest BCUT2D eigenvalue weighted by molar-refractivity contribution is 0.379. The maximum absolute atomic E-state index is 5.11. The molecule has 0 fully saturated rings. The highest BCUT2D eigenvalue weighted by Crippen LogP contribution is 2.15. The first kappa shape index (κ1) is 14.9. The largest absolute Gasteiger partial charge is 0.359 e. The Morgan fingerprint density at radius 2 is 2.06 bits per heavy atom. The van der Waals surface area contributed by atoms with Gasteiger partial charge in [0.1, 0.15) is 5.69 Å². The van der Waals surface area contributed by atoms with Crippen LogP contribution in [0.5, 0.6) is 0 Å². The van der Waals surface area contributed by atoms with Crippen molar-refractivity contribution in [3.63, 3.8) is 0 Å². The molecule has 1 N–H and O–H groups in total. The van der Waals surface area contributed by atoms with Gasteiger partial charge in [-0.2, -0.15) is 0 Å². The van der Waals surface area contributed by atoms with Crippen molar-refractivity contribution in [2.24, 2.45) is 0 Å². The third-order valence-electron chi connectivity index (χ3n) is 1.84. The number of rotatable bonds is 3. The summed E-state index contributed by atoms with van der Waals surface area (Å²) in [6.45, 7) is 0.680. The normalized spacial score (nSPS) is 9.06. The minimum absolute atomic E-state index is 0. The topological polar surface area (TPSA) is 51.0 Å². The van der Waals surface area contributed by atoms with E-state index >= 15 is 0 Å². The first-order valence-corrected chi connectivity index (χ1v) is 4.42. The molecule has 0 saturated carbocycles. The molecule has 0 amide bonds. The number of hydrogen-bond donors (Lipinski definition) is 1. The molecule has 2 aromatic rings. The molecule has 0 saturated heterocycles. The summed E-state index contributed by atoms with van der Waals surface area (Å²) in [5.74, 6) is 0.813. The van der Waals surface area contributed by atoms with Crippen LogP contribution >= 0.6 is 24.8 Å². The lowest BCUT2D eigenvalue weighted by atomic mass is 10.2. The number of nitrogens with one attached hydrogen (secondary N) is 1. The SMILES string of the molecule is CNCc1cc(-c2ccccn2)no1.Cl.Cl. The molecular formula is C10H13Cl2N3O. The van der Waals surface area contributed by atoms with Crippen LogP contribution in [0.3, 0.4) is 0 Å². The molecule has 0 atom stereocenters. The second kappa shape index (κ2) is 7.22. The van der Waals surface area contributed by atoms with E-state index in [1.165, 1.54) is 0 Å². The molecule has 4 nitrogen and oxygen atoms in total. The summed E-state index contributed by atoms with van der Waals surface area (Å²) < 4.78 is 5.11. The monoisotopic (exact) mass is 261 g/mol. The van der Waals surface area contributed by atoms with Crippen LogP contribution in [-0.4, -0.2) is 17.2 Å². The van der Waals surface area contributed by atoms with Crippen LogP contribution in [0.15, 0.2) is 35.0 Å². The van der Waals surface area contributed by atoms with Crippen LogP contribution in [0, 0.1) is 0 Å². The van der Waals surface area contributed by atoms with Crippen LogP contribution in [0.25, 0.3) is 11.4 Å². The number of hydrogen-bond acceptors (Lipinski definition) is 4. The molecule has 16 heavy (non-hydrogen) atoms. The molecule has 6 heteroatoms. The molecule has 0 aliphatic heterocycles.